The molecule has 0 spiro atoms. The van der Waals surface area contributed by atoms with Gasteiger partial charge in [0.15, 0.2) is 17.5 Å². The van der Waals surface area contributed by atoms with Crippen LogP contribution in [0.1, 0.15) is 0 Å². The number of nitrogens with zero attached hydrogens (tertiary/aromatic N) is 4. The van der Waals surface area contributed by atoms with Gasteiger partial charge in [0.1, 0.15) is 0 Å². The first-order chi connectivity index (χ1) is 25.7. The van der Waals surface area contributed by atoms with Crippen LogP contribution in [0.5, 0.6) is 0 Å². The molecule has 11 aromatic rings. The Hall–Kier alpha value is -6.69. The van der Waals surface area contributed by atoms with Gasteiger partial charge in [0.05, 0.1) is 16.7 Å². The van der Waals surface area contributed by atoms with Gasteiger partial charge in [0.2, 0.25) is 0 Å². The fourth-order valence-electron chi connectivity index (χ4n) is 7.72. The molecule has 0 radical (unpaired) electrons. The third kappa shape index (κ3) is 4.57. The number of rotatable bonds is 4. The van der Waals surface area contributed by atoms with Gasteiger partial charge in [-0.15, -0.1) is 11.3 Å². The molecule has 0 aliphatic carbocycles. The molecule has 0 aliphatic rings. The van der Waals surface area contributed by atoms with E-state index in [1.54, 1.807) is 11.3 Å². The van der Waals surface area contributed by atoms with Crippen LogP contribution in [-0.4, -0.2) is 19.5 Å². The van der Waals surface area contributed by atoms with Gasteiger partial charge in [-0.25, -0.2) is 15.0 Å². The molecular weight excluding hydrogens is 653 g/mol. The average Bonchev–Trinajstić information content (AvgIpc) is 3.74. The smallest absolute Gasteiger partial charge is 0.166 e. The van der Waals surface area contributed by atoms with Crippen molar-refractivity contribution in [3.05, 3.63) is 170 Å². The molecule has 5 heteroatoms. The number of aromatic nitrogens is 4. The van der Waals surface area contributed by atoms with Crippen molar-refractivity contribution < 1.29 is 0 Å². The van der Waals surface area contributed by atoms with Crippen molar-refractivity contribution in [1.29, 1.82) is 0 Å². The van der Waals surface area contributed by atoms with Crippen LogP contribution in [0, 0.1) is 0 Å². The average molecular weight is 681 g/mol. The van der Waals surface area contributed by atoms with E-state index in [1.165, 1.54) is 47.1 Å². The quantitative estimate of drug-likeness (QED) is 0.186. The molecule has 0 saturated carbocycles. The molecule has 52 heavy (non-hydrogen) atoms. The summed E-state index contributed by atoms with van der Waals surface area (Å²) < 4.78 is 4.86. The Morgan fingerprint density at radius 2 is 0.962 bits per heavy atom. The Morgan fingerprint density at radius 3 is 1.81 bits per heavy atom. The normalized spacial score (nSPS) is 11.8. The number of hydrogen-bond acceptors (Lipinski definition) is 4. The molecule has 0 aliphatic heterocycles. The van der Waals surface area contributed by atoms with E-state index in [-0.39, 0.29) is 0 Å². The van der Waals surface area contributed by atoms with Crippen LogP contribution in [0.2, 0.25) is 0 Å². The molecule has 4 nitrogen and oxygen atoms in total. The minimum Gasteiger partial charge on any atom is -0.308 e. The second-order valence-electron chi connectivity index (χ2n) is 13.3. The predicted molar refractivity (Wildman–Crippen MR) is 218 cm³/mol. The molecule has 0 N–H and O–H groups in total. The number of fused-ring (bicyclic) bond motifs is 8. The molecule has 8 aromatic carbocycles. The second kappa shape index (κ2) is 11.4. The lowest BCUT2D eigenvalue weighted by molar-refractivity contribution is 1.07. The van der Waals surface area contributed by atoms with E-state index in [1.807, 2.05) is 0 Å². The minimum atomic E-state index is 0.631. The van der Waals surface area contributed by atoms with Gasteiger partial charge >= 0.3 is 0 Å². The largest absolute Gasteiger partial charge is 0.308 e. The van der Waals surface area contributed by atoms with Crippen LogP contribution in [0.25, 0.3) is 103 Å². The lowest BCUT2D eigenvalue weighted by Crippen LogP contribution is -2.03. The fourth-order valence-corrected chi connectivity index (χ4v) is 8.87. The van der Waals surface area contributed by atoms with E-state index in [0.717, 1.165) is 38.8 Å². The van der Waals surface area contributed by atoms with Crippen LogP contribution >= 0.6 is 11.3 Å². The fraction of sp³-hybridized carbons (Fsp3) is 0. The van der Waals surface area contributed by atoms with Crippen LogP contribution in [-0.2, 0) is 0 Å². The lowest BCUT2D eigenvalue weighted by Gasteiger charge is -2.15. The zero-order valence-corrected chi connectivity index (χ0v) is 28.7. The van der Waals surface area contributed by atoms with Crippen LogP contribution in [0.4, 0.5) is 0 Å². The number of para-hydroxylation sites is 2. The number of thiophene rings is 1. The van der Waals surface area contributed by atoms with Crippen molar-refractivity contribution in [2.75, 3.05) is 0 Å². The zero-order chi connectivity index (χ0) is 34.2. The van der Waals surface area contributed by atoms with E-state index in [2.05, 4.69) is 174 Å². The third-order valence-corrected chi connectivity index (χ3v) is 11.3. The van der Waals surface area contributed by atoms with Gasteiger partial charge in [0, 0.05) is 47.6 Å². The Bertz CT molecular complexity index is 3210. The predicted octanol–water partition coefficient (Wildman–Crippen LogP) is 12.6. The number of hydrogen-bond donors (Lipinski definition) is 0. The zero-order valence-electron chi connectivity index (χ0n) is 27.9. The topological polar surface area (TPSA) is 43.6 Å². The summed E-state index contributed by atoms with van der Waals surface area (Å²) in [5.41, 5.74) is 6.15. The maximum absolute atomic E-state index is 5.27. The van der Waals surface area contributed by atoms with E-state index >= 15 is 0 Å². The van der Waals surface area contributed by atoms with Gasteiger partial charge in [-0.05, 0) is 70.1 Å². The van der Waals surface area contributed by atoms with Gasteiger partial charge in [-0.1, -0.05) is 121 Å². The monoisotopic (exact) mass is 680 g/mol. The first-order valence-corrected chi connectivity index (χ1v) is 18.3. The van der Waals surface area contributed by atoms with Crippen molar-refractivity contribution >= 4 is 74.9 Å². The van der Waals surface area contributed by atoms with Crippen LogP contribution in [0.15, 0.2) is 170 Å². The summed E-state index contributed by atoms with van der Waals surface area (Å²) in [5, 5.41) is 9.70. The van der Waals surface area contributed by atoms with Crippen LogP contribution in [0.3, 0.4) is 0 Å². The third-order valence-electron chi connectivity index (χ3n) is 10.2. The van der Waals surface area contributed by atoms with E-state index in [9.17, 15) is 0 Å². The van der Waals surface area contributed by atoms with E-state index < -0.39 is 0 Å². The summed E-state index contributed by atoms with van der Waals surface area (Å²) in [6.07, 6.45) is 0. The first-order valence-electron chi connectivity index (χ1n) is 17.4. The van der Waals surface area contributed by atoms with Gasteiger partial charge < -0.3 is 4.57 Å². The number of benzene rings is 8. The second-order valence-corrected chi connectivity index (χ2v) is 14.3. The molecule has 3 heterocycles. The summed E-state index contributed by atoms with van der Waals surface area (Å²) in [6, 6.07) is 60.4. The summed E-state index contributed by atoms with van der Waals surface area (Å²) >= 11 is 1.80. The van der Waals surface area contributed by atoms with E-state index in [4.69, 9.17) is 15.0 Å². The van der Waals surface area contributed by atoms with Crippen molar-refractivity contribution in [1.82, 2.24) is 19.5 Å². The summed E-state index contributed by atoms with van der Waals surface area (Å²) in [5.74, 6) is 1.92. The Labute approximate surface area is 302 Å². The molecule has 0 saturated heterocycles. The standard InChI is InChI=1S/C47H28N4S/c1-2-12-30-25-33(22-21-29(30)11-1)45-48-46(34-23-24-37-36-16-7-10-20-43(36)52-44(37)28-34)50-47(49-45)38-17-6-9-19-41(38)51-40-18-8-5-15-35(40)39-26-31-13-3-4-14-32(31)27-42(39)51/h1-28H. The van der Waals surface area contributed by atoms with Crippen molar-refractivity contribution in [2.45, 2.75) is 0 Å². The molecule has 3 aromatic heterocycles. The summed E-state index contributed by atoms with van der Waals surface area (Å²) in [4.78, 5) is 15.7. The Morgan fingerprint density at radius 1 is 0.365 bits per heavy atom. The first kappa shape index (κ1) is 29.1. The maximum atomic E-state index is 5.27. The van der Waals surface area contributed by atoms with E-state index in [0.29, 0.717) is 17.5 Å². The molecule has 11 rings (SSSR count). The molecule has 242 valence electrons. The Kier molecular flexibility index (Phi) is 6.39. The Balaban J connectivity index is 1.17. The highest BCUT2D eigenvalue weighted by molar-refractivity contribution is 7.25. The molecule has 0 bridgehead atoms. The van der Waals surface area contributed by atoms with Crippen molar-refractivity contribution in [3.8, 4) is 39.9 Å². The minimum absolute atomic E-state index is 0.631. The lowest BCUT2D eigenvalue weighted by atomic mass is 10.1. The highest BCUT2D eigenvalue weighted by Gasteiger charge is 2.20. The van der Waals surface area contributed by atoms with Crippen LogP contribution < -0.4 is 0 Å². The molecule has 0 amide bonds. The molecule has 0 unspecified atom stereocenters. The molecular formula is C47H28N4S. The maximum Gasteiger partial charge on any atom is 0.166 e. The summed E-state index contributed by atoms with van der Waals surface area (Å²) in [7, 11) is 0. The van der Waals surface area contributed by atoms with Crippen molar-refractivity contribution in [2.24, 2.45) is 0 Å². The molecule has 0 fully saturated rings. The van der Waals surface area contributed by atoms with Crippen molar-refractivity contribution in [3.63, 3.8) is 0 Å². The van der Waals surface area contributed by atoms with Gasteiger partial charge in [-0.3, -0.25) is 0 Å². The highest BCUT2D eigenvalue weighted by Crippen LogP contribution is 2.39. The highest BCUT2D eigenvalue weighted by atomic mass is 32.1. The molecule has 0 atom stereocenters. The SMILES string of the molecule is c1ccc(-n2c3ccccc3c3cc4ccccc4cc32)c(-c2nc(-c3ccc4ccccc4c3)nc(-c3ccc4c(c3)sc3ccccc34)n2)c1. The summed E-state index contributed by atoms with van der Waals surface area (Å²) in [6.45, 7) is 0. The van der Waals surface area contributed by atoms with Gasteiger partial charge in [0.25, 0.3) is 0 Å². The van der Waals surface area contributed by atoms with Gasteiger partial charge in [-0.2, -0.15) is 0 Å².